The standard InChI is InChI=1S/C15H18N2O/c1-12(15(18)13-7-3-2-4-8-13)17-11-14-9-5-6-10-16-14/h2-10,12,15,17-18H,11H2,1H3/t12-,15+/m1/s1. The average molecular weight is 242 g/mol. The molecule has 0 fully saturated rings. The van der Waals surface area contributed by atoms with E-state index in [1.807, 2.05) is 55.5 Å². The van der Waals surface area contributed by atoms with E-state index in [2.05, 4.69) is 10.3 Å². The normalized spacial score (nSPS) is 14.1. The number of nitrogens with one attached hydrogen (secondary N) is 1. The summed E-state index contributed by atoms with van der Waals surface area (Å²) in [5, 5.41) is 13.5. The monoisotopic (exact) mass is 242 g/mol. The number of benzene rings is 1. The van der Waals surface area contributed by atoms with Crippen LogP contribution in [0.3, 0.4) is 0 Å². The molecule has 0 unspecified atom stereocenters. The molecule has 2 atom stereocenters. The van der Waals surface area contributed by atoms with Gasteiger partial charge in [-0.2, -0.15) is 0 Å². The first-order valence-electron chi connectivity index (χ1n) is 6.13. The number of aromatic nitrogens is 1. The van der Waals surface area contributed by atoms with Gasteiger partial charge in [0.25, 0.3) is 0 Å². The summed E-state index contributed by atoms with van der Waals surface area (Å²) in [5.41, 5.74) is 1.91. The SMILES string of the molecule is C[C@@H](NCc1ccccn1)[C@H](O)c1ccccc1. The Balaban J connectivity index is 1.90. The lowest BCUT2D eigenvalue weighted by molar-refractivity contribution is 0.135. The zero-order valence-corrected chi connectivity index (χ0v) is 10.5. The van der Waals surface area contributed by atoms with Gasteiger partial charge in [-0.3, -0.25) is 4.98 Å². The summed E-state index contributed by atoms with van der Waals surface area (Å²) in [6.45, 7) is 2.63. The van der Waals surface area contributed by atoms with Crippen molar-refractivity contribution >= 4 is 0 Å². The van der Waals surface area contributed by atoms with E-state index in [0.29, 0.717) is 6.54 Å². The highest BCUT2D eigenvalue weighted by atomic mass is 16.3. The van der Waals surface area contributed by atoms with E-state index < -0.39 is 6.10 Å². The van der Waals surface area contributed by atoms with Crippen LogP contribution in [0.5, 0.6) is 0 Å². The van der Waals surface area contributed by atoms with Crippen LogP contribution in [0.1, 0.15) is 24.3 Å². The van der Waals surface area contributed by atoms with Crippen LogP contribution in [-0.4, -0.2) is 16.1 Å². The summed E-state index contributed by atoms with van der Waals surface area (Å²) in [5.74, 6) is 0. The van der Waals surface area contributed by atoms with E-state index in [0.717, 1.165) is 11.3 Å². The van der Waals surface area contributed by atoms with Crippen molar-refractivity contribution in [2.45, 2.75) is 25.6 Å². The third-order valence-electron chi connectivity index (χ3n) is 2.95. The van der Waals surface area contributed by atoms with E-state index in [-0.39, 0.29) is 6.04 Å². The fourth-order valence-corrected chi connectivity index (χ4v) is 1.82. The molecule has 0 aliphatic rings. The number of hydrogen-bond acceptors (Lipinski definition) is 3. The Hall–Kier alpha value is -1.71. The lowest BCUT2D eigenvalue weighted by atomic mass is 10.0. The van der Waals surface area contributed by atoms with Gasteiger partial charge in [0, 0.05) is 18.8 Å². The topological polar surface area (TPSA) is 45.2 Å². The zero-order chi connectivity index (χ0) is 12.8. The highest BCUT2D eigenvalue weighted by molar-refractivity contribution is 5.18. The molecule has 0 aliphatic carbocycles. The molecule has 18 heavy (non-hydrogen) atoms. The summed E-state index contributed by atoms with van der Waals surface area (Å²) in [7, 11) is 0. The number of rotatable bonds is 5. The van der Waals surface area contributed by atoms with Crippen molar-refractivity contribution in [1.82, 2.24) is 10.3 Å². The van der Waals surface area contributed by atoms with E-state index in [9.17, 15) is 5.11 Å². The molecule has 0 aliphatic heterocycles. The quantitative estimate of drug-likeness (QED) is 0.845. The highest BCUT2D eigenvalue weighted by Crippen LogP contribution is 2.16. The lowest BCUT2D eigenvalue weighted by Crippen LogP contribution is -2.31. The van der Waals surface area contributed by atoms with Gasteiger partial charge in [-0.25, -0.2) is 0 Å². The third-order valence-corrected chi connectivity index (χ3v) is 2.95. The molecule has 2 rings (SSSR count). The third kappa shape index (κ3) is 3.39. The van der Waals surface area contributed by atoms with Crippen molar-refractivity contribution in [3.05, 3.63) is 66.0 Å². The van der Waals surface area contributed by atoms with Gasteiger partial charge >= 0.3 is 0 Å². The Labute approximate surface area is 108 Å². The minimum absolute atomic E-state index is 0.0191. The minimum atomic E-state index is -0.505. The van der Waals surface area contributed by atoms with E-state index in [4.69, 9.17) is 0 Å². The molecule has 2 aromatic rings. The summed E-state index contributed by atoms with van der Waals surface area (Å²) in [4.78, 5) is 4.24. The molecule has 3 heteroatoms. The van der Waals surface area contributed by atoms with Crippen LogP contribution in [0.2, 0.25) is 0 Å². The van der Waals surface area contributed by atoms with Gasteiger partial charge in [-0.1, -0.05) is 36.4 Å². The van der Waals surface area contributed by atoms with Crippen LogP contribution in [0.4, 0.5) is 0 Å². The number of aliphatic hydroxyl groups excluding tert-OH is 1. The lowest BCUT2D eigenvalue weighted by Gasteiger charge is -2.20. The Morgan fingerprint density at radius 3 is 2.50 bits per heavy atom. The fourth-order valence-electron chi connectivity index (χ4n) is 1.82. The number of hydrogen-bond donors (Lipinski definition) is 2. The Morgan fingerprint density at radius 1 is 1.11 bits per heavy atom. The molecule has 94 valence electrons. The highest BCUT2D eigenvalue weighted by Gasteiger charge is 2.15. The first-order chi connectivity index (χ1) is 8.77. The molecule has 1 heterocycles. The first kappa shape index (κ1) is 12.7. The van der Waals surface area contributed by atoms with Crippen LogP contribution in [0, 0.1) is 0 Å². The van der Waals surface area contributed by atoms with Crippen LogP contribution < -0.4 is 5.32 Å². The van der Waals surface area contributed by atoms with Crippen molar-refractivity contribution in [2.75, 3.05) is 0 Å². The fraction of sp³-hybridized carbons (Fsp3) is 0.267. The molecule has 0 amide bonds. The molecule has 0 radical (unpaired) electrons. The van der Waals surface area contributed by atoms with Crippen molar-refractivity contribution in [1.29, 1.82) is 0 Å². The summed E-state index contributed by atoms with van der Waals surface area (Å²) in [6.07, 6.45) is 1.27. The van der Waals surface area contributed by atoms with Gasteiger partial charge in [-0.05, 0) is 24.6 Å². The zero-order valence-electron chi connectivity index (χ0n) is 10.5. The molecule has 0 saturated carbocycles. The van der Waals surface area contributed by atoms with Crippen LogP contribution >= 0.6 is 0 Å². The van der Waals surface area contributed by atoms with Gasteiger partial charge < -0.3 is 10.4 Å². The summed E-state index contributed by atoms with van der Waals surface area (Å²) < 4.78 is 0. The van der Waals surface area contributed by atoms with Crippen molar-refractivity contribution in [2.24, 2.45) is 0 Å². The summed E-state index contributed by atoms with van der Waals surface area (Å²) in [6, 6.07) is 15.5. The molecule has 2 N–H and O–H groups in total. The maximum Gasteiger partial charge on any atom is 0.0940 e. The smallest absolute Gasteiger partial charge is 0.0940 e. The first-order valence-corrected chi connectivity index (χ1v) is 6.13. The van der Waals surface area contributed by atoms with E-state index in [1.54, 1.807) is 6.20 Å². The molecule has 1 aromatic heterocycles. The predicted octanol–water partition coefficient (Wildman–Crippen LogP) is 2.29. The van der Waals surface area contributed by atoms with Crippen LogP contribution in [-0.2, 0) is 6.54 Å². The number of nitrogens with zero attached hydrogens (tertiary/aromatic N) is 1. The van der Waals surface area contributed by atoms with Gasteiger partial charge in [0.05, 0.1) is 11.8 Å². The predicted molar refractivity (Wildman–Crippen MR) is 71.9 cm³/mol. The second kappa shape index (κ2) is 6.28. The van der Waals surface area contributed by atoms with Crippen molar-refractivity contribution in [3.63, 3.8) is 0 Å². The van der Waals surface area contributed by atoms with Crippen LogP contribution in [0.15, 0.2) is 54.7 Å². The molecule has 0 spiro atoms. The Kier molecular flexibility index (Phi) is 4.45. The van der Waals surface area contributed by atoms with Gasteiger partial charge in [-0.15, -0.1) is 0 Å². The van der Waals surface area contributed by atoms with E-state index >= 15 is 0 Å². The van der Waals surface area contributed by atoms with Gasteiger partial charge in [0.1, 0.15) is 0 Å². The largest absolute Gasteiger partial charge is 0.387 e. The summed E-state index contributed by atoms with van der Waals surface area (Å²) >= 11 is 0. The Bertz CT molecular complexity index is 458. The number of aliphatic hydroxyl groups is 1. The van der Waals surface area contributed by atoms with Crippen molar-refractivity contribution in [3.8, 4) is 0 Å². The van der Waals surface area contributed by atoms with Crippen LogP contribution in [0.25, 0.3) is 0 Å². The molecule has 1 aromatic carbocycles. The maximum atomic E-state index is 10.2. The van der Waals surface area contributed by atoms with Crippen molar-refractivity contribution < 1.29 is 5.11 Å². The molecule has 3 nitrogen and oxygen atoms in total. The number of pyridine rings is 1. The molecule has 0 saturated heterocycles. The molecular weight excluding hydrogens is 224 g/mol. The second-order valence-corrected chi connectivity index (χ2v) is 4.35. The second-order valence-electron chi connectivity index (χ2n) is 4.35. The average Bonchev–Trinajstić information content (AvgIpc) is 2.46. The molecular formula is C15H18N2O. The van der Waals surface area contributed by atoms with Gasteiger partial charge in [0.15, 0.2) is 0 Å². The van der Waals surface area contributed by atoms with Gasteiger partial charge in [0.2, 0.25) is 0 Å². The maximum absolute atomic E-state index is 10.2. The molecule has 0 bridgehead atoms. The minimum Gasteiger partial charge on any atom is -0.387 e. The Morgan fingerprint density at radius 2 is 1.83 bits per heavy atom. The van der Waals surface area contributed by atoms with E-state index in [1.165, 1.54) is 0 Å².